The zero-order chi connectivity index (χ0) is 14.9. The van der Waals surface area contributed by atoms with Crippen molar-refractivity contribution in [3.05, 3.63) is 18.2 Å². The molecule has 9 heteroatoms. The lowest BCUT2D eigenvalue weighted by Crippen LogP contribution is -2.26. The van der Waals surface area contributed by atoms with Gasteiger partial charge in [0.15, 0.2) is 15.9 Å². The highest BCUT2D eigenvalue weighted by molar-refractivity contribution is 8.35. The van der Waals surface area contributed by atoms with Crippen molar-refractivity contribution in [3.63, 3.8) is 0 Å². The maximum Gasteiger partial charge on any atom is 0.240 e. The topological polar surface area (TPSA) is 94.1 Å². The Morgan fingerprint density at radius 3 is 2.90 bits per heavy atom. The molecule has 1 N–H and O–H groups in total. The van der Waals surface area contributed by atoms with Gasteiger partial charge in [-0.1, -0.05) is 11.8 Å². The molecule has 0 atom stereocenters. The minimum atomic E-state index is -3.65. The Balaban J connectivity index is 1.66. The van der Waals surface area contributed by atoms with Crippen LogP contribution in [0.15, 0.2) is 23.2 Å². The second-order valence-corrected chi connectivity index (χ2v) is 7.62. The first-order valence-corrected chi connectivity index (χ1v) is 8.78. The van der Waals surface area contributed by atoms with E-state index in [0.29, 0.717) is 29.5 Å². The van der Waals surface area contributed by atoms with Gasteiger partial charge in [0.2, 0.25) is 22.5 Å². The molecule has 0 spiro atoms. The third-order valence-electron chi connectivity index (χ3n) is 2.80. The summed E-state index contributed by atoms with van der Waals surface area (Å²) in [4.78, 5) is 15.7. The lowest BCUT2D eigenvalue weighted by atomic mass is 10.3. The average Bonchev–Trinajstić information content (AvgIpc) is 3.09. The molecule has 0 aliphatic carbocycles. The van der Waals surface area contributed by atoms with Crippen LogP contribution in [0.1, 0.15) is 0 Å². The molecule has 0 saturated carbocycles. The van der Waals surface area contributed by atoms with Crippen molar-refractivity contribution in [1.29, 1.82) is 0 Å². The van der Waals surface area contributed by atoms with Crippen LogP contribution in [-0.4, -0.2) is 43.5 Å². The fourth-order valence-electron chi connectivity index (χ4n) is 1.91. The van der Waals surface area contributed by atoms with Gasteiger partial charge in [0, 0.05) is 17.5 Å². The molecule has 7 nitrogen and oxygen atoms in total. The smallest absolute Gasteiger partial charge is 0.240 e. The van der Waals surface area contributed by atoms with Crippen molar-refractivity contribution in [1.82, 2.24) is 0 Å². The van der Waals surface area contributed by atoms with Gasteiger partial charge in [0.25, 0.3) is 0 Å². The van der Waals surface area contributed by atoms with E-state index in [9.17, 15) is 13.2 Å². The van der Waals surface area contributed by atoms with Crippen molar-refractivity contribution < 1.29 is 22.7 Å². The van der Waals surface area contributed by atoms with Crippen LogP contribution in [0.3, 0.4) is 0 Å². The van der Waals surface area contributed by atoms with Crippen molar-refractivity contribution in [2.75, 3.05) is 30.2 Å². The molecule has 1 aromatic rings. The van der Waals surface area contributed by atoms with Gasteiger partial charge in [-0.2, -0.15) is 0 Å². The van der Waals surface area contributed by atoms with Crippen LogP contribution < -0.4 is 14.8 Å². The molecule has 2 heterocycles. The summed E-state index contributed by atoms with van der Waals surface area (Å²) >= 11 is 1.16. The fourth-order valence-corrected chi connectivity index (χ4v) is 4.42. The Kier molecular flexibility index (Phi) is 3.77. The number of carbonyl (C=O) groups excluding carboxylic acids is 1. The van der Waals surface area contributed by atoms with E-state index in [1.54, 1.807) is 18.2 Å². The molecular formula is C12H12N2O5S2. The summed E-state index contributed by atoms with van der Waals surface area (Å²) in [6.07, 6.45) is 0. The Bertz CT molecular complexity index is 714. The van der Waals surface area contributed by atoms with Crippen LogP contribution in [0.2, 0.25) is 0 Å². The third-order valence-corrected chi connectivity index (χ3v) is 5.98. The number of hydrogen-bond donors (Lipinski definition) is 1. The molecule has 0 bridgehead atoms. The number of benzene rings is 1. The van der Waals surface area contributed by atoms with E-state index in [1.807, 2.05) is 0 Å². The number of fused-ring (bicyclic) bond motifs is 1. The van der Waals surface area contributed by atoms with Crippen molar-refractivity contribution in [3.8, 4) is 11.5 Å². The number of sulfone groups is 1. The van der Waals surface area contributed by atoms with Gasteiger partial charge in [0.1, 0.15) is 5.75 Å². The quantitative estimate of drug-likeness (QED) is 0.885. The molecule has 1 amide bonds. The number of nitrogens with zero attached hydrogens (tertiary/aromatic N) is 1. The number of thioether (sulfide) groups is 1. The highest BCUT2D eigenvalue weighted by atomic mass is 32.3. The number of amides is 1. The molecule has 0 radical (unpaired) electrons. The van der Waals surface area contributed by atoms with Crippen LogP contribution in [0.25, 0.3) is 0 Å². The summed E-state index contributed by atoms with van der Waals surface area (Å²) < 4.78 is 34.3. The Morgan fingerprint density at radius 1 is 1.33 bits per heavy atom. The van der Waals surface area contributed by atoms with Gasteiger partial charge in [-0.15, -0.1) is 0 Å². The van der Waals surface area contributed by atoms with Gasteiger partial charge in [0.05, 0.1) is 6.54 Å². The number of nitrogens with one attached hydrogen (secondary N) is 1. The van der Waals surface area contributed by atoms with Crippen molar-refractivity contribution >= 4 is 37.6 Å². The lowest BCUT2D eigenvalue weighted by Gasteiger charge is -2.06. The zero-order valence-corrected chi connectivity index (χ0v) is 12.5. The zero-order valence-electron chi connectivity index (χ0n) is 10.9. The number of ether oxygens (including phenoxy) is 2. The first-order valence-electron chi connectivity index (χ1n) is 6.14. The van der Waals surface area contributed by atoms with E-state index in [4.69, 9.17) is 9.47 Å². The summed E-state index contributed by atoms with van der Waals surface area (Å²) in [5.41, 5.74) is 0.459. The van der Waals surface area contributed by atoms with Gasteiger partial charge < -0.3 is 14.8 Å². The van der Waals surface area contributed by atoms with E-state index < -0.39 is 21.5 Å². The highest BCUT2D eigenvalue weighted by Gasteiger charge is 2.26. The maximum atomic E-state index is 12.0. The molecule has 0 saturated heterocycles. The molecule has 0 aromatic heterocycles. The number of hydrogen-bond acceptors (Lipinski definition) is 7. The molecule has 2 aliphatic heterocycles. The molecule has 3 rings (SSSR count). The van der Waals surface area contributed by atoms with Crippen LogP contribution in [0.5, 0.6) is 11.5 Å². The maximum absolute atomic E-state index is 12.0. The Morgan fingerprint density at radius 2 is 2.14 bits per heavy atom. The summed E-state index contributed by atoms with van der Waals surface area (Å²) in [6.45, 7) is 0.612. The number of anilines is 1. The normalized spacial score (nSPS) is 16.7. The van der Waals surface area contributed by atoms with Gasteiger partial charge >= 0.3 is 0 Å². The van der Waals surface area contributed by atoms with Crippen LogP contribution in [0.4, 0.5) is 5.69 Å². The second kappa shape index (κ2) is 5.57. The van der Waals surface area contributed by atoms with E-state index in [2.05, 4.69) is 10.3 Å². The van der Waals surface area contributed by atoms with Crippen molar-refractivity contribution in [2.24, 2.45) is 4.99 Å². The van der Waals surface area contributed by atoms with Crippen molar-refractivity contribution in [2.45, 2.75) is 0 Å². The van der Waals surface area contributed by atoms with Crippen LogP contribution in [-0.2, 0) is 14.6 Å². The first kappa shape index (κ1) is 14.2. The SMILES string of the molecule is O=C(CS(=O)(=O)C1=NCCS1)Nc1ccc2c(c1)OCO2. The number of rotatable bonds is 3. The largest absolute Gasteiger partial charge is 0.454 e. The molecule has 0 fully saturated rings. The summed E-state index contributed by atoms with van der Waals surface area (Å²) in [6, 6.07) is 4.87. The molecule has 112 valence electrons. The second-order valence-electron chi connectivity index (χ2n) is 4.37. The fraction of sp³-hybridized carbons (Fsp3) is 0.333. The standard InChI is InChI=1S/C12H12N2O5S2/c15-11(6-21(16,17)12-13-3-4-20-12)14-8-1-2-9-10(5-8)19-7-18-9/h1-2,5H,3-4,6-7H2,(H,14,15). The Labute approximate surface area is 125 Å². The molecule has 2 aliphatic rings. The summed E-state index contributed by atoms with van der Waals surface area (Å²) in [5, 5.41) is 2.53. The van der Waals surface area contributed by atoms with Gasteiger partial charge in [-0.05, 0) is 12.1 Å². The predicted octanol–water partition coefficient (Wildman–Crippen LogP) is 0.871. The van der Waals surface area contributed by atoms with Gasteiger partial charge in [-0.3, -0.25) is 9.79 Å². The molecular weight excluding hydrogens is 316 g/mol. The van der Waals surface area contributed by atoms with E-state index in [0.717, 1.165) is 11.8 Å². The van der Waals surface area contributed by atoms with Crippen LogP contribution >= 0.6 is 11.8 Å². The average molecular weight is 328 g/mol. The first-order chi connectivity index (χ1) is 10.0. The summed E-state index contributed by atoms with van der Waals surface area (Å²) in [5.74, 6) is 0.527. The summed E-state index contributed by atoms with van der Waals surface area (Å²) in [7, 11) is -3.65. The van der Waals surface area contributed by atoms with Gasteiger partial charge in [-0.25, -0.2) is 8.42 Å². The molecule has 1 aromatic carbocycles. The highest BCUT2D eigenvalue weighted by Crippen LogP contribution is 2.34. The molecule has 21 heavy (non-hydrogen) atoms. The monoisotopic (exact) mass is 328 g/mol. The van der Waals surface area contributed by atoms with E-state index in [1.165, 1.54) is 0 Å². The minimum absolute atomic E-state index is 0.0448. The lowest BCUT2D eigenvalue weighted by molar-refractivity contribution is -0.113. The minimum Gasteiger partial charge on any atom is -0.454 e. The van der Waals surface area contributed by atoms with E-state index in [-0.39, 0.29) is 11.2 Å². The van der Waals surface area contributed by atoms with E-state index >= 15 is 0 Å². The Hall–Kier alpha value is -1.74. The van der Waals surface area contributed by atoms with Crippen LogP contribution in [0, 0.1) is 0 Å². The molecule has 0 unspecified atom stereocenters. The third kappa shape index (κ3) is 3.13. The number of carbonyl (C=O) groups is 1. The number of aliphatic imine (C=N–C) groups is 1. The predicted molar refractivity (Wildman–Crippen MR) is 79.7 cm³/mol.